The standard InChI is InChI=1S/C22H12ClN3O4/c23-17-3-1-2-4-20(17)30-21-8-6-13(11-19(21)26(28)29)9-16-15-7-5-14(12-24)10-18(15)25-22(16)27/h1-11H,(H,25,27)/b16-9+. The molecule has 0 unspecified atom stereocenters. The predicted octanol–water partition coefficient (Wildman–Crippen LogP) is 5.40. The van der Waals surface area contributed by atoms with Gasteiger partial charge in [-0.2, -0.15) is 5.26 Å². The molecule has 1 heterocycles. The van der Waals surface area contributed by atoms with E-state index in [9.17, 15) is 14.9 Å². The number of nitrogens with one attached hydrogen (secondary N) is 1. The number of amides is 1. The summed E-state index contributed by atoms with van der Waals surface area (Å²) in [5.41, 5.74) is 2.12. The molecule has 0 spiro atoms. The number of ether oxygens (including phenoxy) is 1. The fraction of sp³-hybridized carbons (Fsp3) is 0. The summed E-state index contributed by atoms with van der Waals surface area (Å²) in [4.78, 5) is 23.4. The van der Waals surface area contributed by atoms with Crippen molar-refractivity contribution >= 4 is 40.5 Å². The van der Waals surface area contributed by atoms with Crippen LogP contribution in [0.3, 0.4) is 0 Å². The lowest BCUT2D eigenvalue weighted by Gasteiger charge is -2.08. The number of nitro benzene ring substituents is 1. The highest BCUT2D eigenvalue weighted by Crippen LogP contribution is 2.37. The molecule has 3 aromatic carbocycles. The van der Waals surface area contributed by atoms with E-state index < -0.39 is 4.92 Å². The maximum Gasteiger partial charge on any atom is 0.312 e. The number of nitrogens with zero attached hydrogens (tertiary/aromatic N) is 2. The fourth-order valence-corrected chi connectivity index (χ4v) is 3.25. The Hall–Kier alpha value is -4.15. The molecule has 7 nitrogen and oxygen atoms in total. The molecule has 0 aromatic heterocycles. The van der Waals surface area contributed by atoms with Gasteiger partial charge in [-0.1, -0.05) is 35.9 Å². The third-order valence-corrected chi connectivity index (χ3v) is 4.79. The van der Waals surface area contributed by atoms with E-state index >= 15 is 0 Å². The molecule has 8 heteroatoms. The molecule has 0 bridgehead atoms. The predicted molar refractivity (Wildman–Crippen MR) is 112 cm³/mol. The minimum absolute atomic E-state index is 0.0326. The summed E-state index contributed by atoms with van der Waals surface area (Å²) < 4.78 is 5.63. The zero-order chi connectivity index (χ0) is 21.3. The number of anilines is 1. The second-order valence-electron chi connectivity index (χ2n) is 6.40. The average molecular weight is 418 g/mol. The van der Waals surface area contributed by atoms with E-state index in [4.69, 9.17) is 21.6 Å². The van der Waals surface area contributed by atoms with Crippen LogP contribution in [0.2, 0.25) is 5.02 Å². The monoisotopic (exact) mass is 417 g/mol. The van der Waals surface area contributed by atoms with Crippen molar-refractivity contribution in [1.29, 1.82) is 5.26 Å². The van der Waals surface area contributed by atoms with Crippen LogP contribution in [-0.4, -0.2) is 10.8 Å². The molecule has 1 aliphatic heterocycles. The van der Waals surface area contributed by atoms with Gasteiger partial charge in [0.1, 0.15) is 5.75 Å². The third-order valence-electron chi connectivity index (χ3n) is 4.48. The lowest BCUT2D eigenvalue weighted by molar-refractivity contribution is -0.385. The Kier molecular flexibility index (Phi) is 4.92. The first-order chi connectivity index (χ1) is 14.5. The third kappa shape index (κ3) is 3.60. The van der Waals surface area contributed by atoms with Crippen LogP contribution >= 0.6 is 11.6 Å². The van der Waals surface area contributed by atoms with Crippen LogP contribution in [0.1, 0.15) is 16.7 Å². The summed E-state index contributed by atoms with van der Waals surface area (Å²) in [6.07, 6.45) is 1.56. The first kappa shape index (κ1) is 19.2. The van der Waals surface area contributed by atoms with Gasteiger partial charge < -0.3 is 10.1 Å². The molecule has 0 saturated heterocycles. The Morgan fingerprint density at radius 3 is 2.63 bits per heavy atom. The molecule has 0 atom stereocenters. The summed E-state index contributed by atoms with van der Waals surface area (Å²) in [5.74, 6) is -0.0184. The summed E-state index contributed by atoms with van der Waals surface area (Å²) in [5, 5.41) is 23.6. The summed E-state index contributed by atoms with van der Waals surface area (Å²) >= 11 is 6.07. The van der Waals surface area contributed by atoms with Gasteiger partial charge in [-0.15, -0.1) is 0 Å². The number of nitro groups is 1. The maximum atomic E-state index is 12.4. The molecule has 3 aromatic rings. The lowest BCUT2D eigenvalue weighted by Crippen LogP contribution is -2.03. The van der Waals surface area contributed by atoms with Crippen LogP contribution in [0.4, 0.5) is 11.4 Å². The maximum absolute atomic E-state index is 12.4. The number of halogens is 1. The number of hydrogen-bond acceptors (Lipinski definition) is 5. The molecule has 1 amide bonds. The summed E-state index contributed by atoms with van der Waals surface area (Å²) in [6, 6.07) is 17.9. The van der Waals surface area contributed by atoms with Crippen molar-refractivity contribution in [1.82, 2.24) is 0 Å². The molecule has 4 rings (SSSR count). The number of benzene rings is 3. The van der Waals surface area contributed by atoms with Gasteiger partial charge in [0.25, 0.3) is 5.91 Å². The van der Waals surface area contributed by atoms with E-state index in [2.05, 4.69) is 5.32 Å². The van der Waals surface area contributed by atoms with Crippen molar-refractivity contribution in [3.8, 4) is 17.6 Å². The van der Waals surface area contributed by atoms with Crippen LogP contribution in [0.15, 0.2) is 60.7 Å². The molecule has 0 saturated carbocycles. The van der Waals surface area contributed by atoms with Gasteiger partial charge in [-0.05, 0) is 42.0 Å². The molecule has 146 valence electrons. The smallest absolute Gasteiger partial charge is 0.312 e. The average Bonchev–Trinajstić information content (AvgIpc) is 3.04. The van der Waals surface area contributed by atoms with E-state index in [0.717, 1.165) is 0 Å². The van der Waals surface area contributed by atoms with Crippen LogP contribution in [0.25, 0.3) is 11.6 Å². The Labute approximate surface area is 175 Å². The highest BCUT2D eigenvalue weighted by Gasteiger charge is 2.25. The molecule has 0 aliphatic carbocycles. The van der Waals surface area contributed by atoms with Gasteiger partial charge in [-0.25, -0.2) is 0 Å². The van der Waals surface area contributed by atoms with Crippen molar-refractivity contribution in [2.45, 2.75) is 0 Å². The van der Waals surface area contributed by atoms with Crippen molar-refractivity contribution < 1.29 is 14.5 Å². The van der Waals surface area contributed by atoms with E-state index in [0.29, 0.717) is 38.7 Å². The second kappa shape index (κ2) is 7.70. The largest absolute Gasteiger partial charge is 0.449 e. The van der Waals surface area contributed by atoms with Gasteiger partial charge in [0.2, 0.25) is 5.75 Å². The van der Waals surface area contributed by atoms with Crippen molar-refractivity contribution in [2.24, 2.45) is 0 Å². The molecular formula is C22H12ClN3O4. The molecule has 0 radical (unpaired) electrons. The van der Waals surface area contributed by atoms with Gasteiger partial charge in [0.15, 0.2) is 0 Å². The Balaban J connectivity index is 1.72. The SMILES string of the molecule is N#Cc1ccc2c(c1)NC(=O)/C2=C/c1ccc(Oc2ccccc2Cl)c([N+](=O)[O-])c1. The topological polar surface area (TPSA) is 105 Å². The minimum Gasteiger partial charge on any atom is -0.449 e. The number of rotatable bonds is 4. The Morgan fingerprint density at radius 2 is 1.90 bits per heavy atom. The minimum atomic E-state index is -0.559. The number of para-hydroxylation sites is 1. The van der Waals surface area contributed by atoms with Crippen LogP contribution < -0.4 is 10.1 Å². The van der Waals surface area contributed by atoms with Crippen molar-refractivity contribution in [3.05, 3.63) is 92.5 Å². The van der Waals surface area contributed by atoms with Crippen LogP contribution in [-0.2, 0) is 4.79 Å². The molecular weight excluding hydrogens is 406 g/mol. The number of nitriles is 1. The van der Waals surface area contributed by atoms with E-state index in [1.165, 1.54) is 12.1 Å². The molecule has 30 heavy (non-hydrogen) atoms. The number of carbonyl (C=O) groups excluding carboxylic acids is 1. The quantitative estimate of drug-likeness (QED) is 0.347. The summed E-state index contributed by atoms with van der Waals surface area (Å²) in [7, 11) is 0. The van der Waals surface area contributed by atoms with Gasteiger partial charge in [0, 0.05) is 17.2 Å². The highest BCUT2D eigenvalue weighted by molar-refractivity contribution is 6.35. The highest BCUT2D eigenvalue weighted by atomic mass is 35.5. The van der Waals surface area contributed by atoms with Crippen LogP contribution in [0, 0.1) is 21.4 Å². The van der Waals surface area contributed by atoms with E-state index in [1.54, 1.807) is 54.6 Å². The number of hydrogen-bond donors (Lipinski definition) is 1. The van der Waals surface area contributed by atoms with Crippen molar-refractivity contribution in [3.63, 3.8) is 0 Å². The first-order valence-electron chi connectivity index (χ1n) is 8.74. The first-order valence-corrected chi connectivity index (χ1v) is 9.12. The zero-order valence-electron chi connectivity index (χ0n) is 15.3. The fourth-order valence-electron chi connectivity index (χ4n) is 3.07. The lowest BCUT2D eigenvalue weighted by atomic mass is 10.0. The molecule has 1 N–H and O–H groups in total. The summed E-state index contributed by atoms with van der Waals surface area (Å²) in [6.45, 7) is 0. The van der Waals surface area contributed by atoms with E-state index in [1.807, 2.05) is 6.07 Å². The Morgan fingerprint density at radius 1 is 1.10 bits per heavy atom. The number of fused-ring (bicyclic) bond motifs is 1. The zero-order valence-corrected chi connectivity index (χ0v) is 16.0. The van der Waals surface area contributed by atoms with Gasteiger partial charge in [-0.3, -0.25) is 14.9 Å². The second-order valence-corrected chi connectivity index (χ2v) is 6.81. The van der Waals surface area contributed by atoms with E-state index in [-0.39, 0.29) is 17.3 Å². The van der Waals surface area contributed by atoms with Gasteiger partial charge in [0.05, 0.1) is 27.3 Å². The Bertz CT molecular complexity index is 1280. The van der Waals surface area contributed by atoms with Crippen molar-refractivity contribution in [2.75, 3.05) is 5.32 Å². The number of carbonyl (C=O) groups is 1. The van der Waals surface area contributed by atoms with Crippen LogP contribution in [0.5, 0.6) is 11.5 Å². The van der Waals surface area contributed by atoms with Gasteiger partial charge >= 0.3 is 5.69 Å². The molecule has 1 aliphatic rings. The molecule has 0 fully saturated rings. The normalized spacial score (nSPS) is 13.5.